The minimum Gasteiger partial charge on any atom is -0.309 e. The quantitative estimate of drug-likeness (QED) is 0.824. The Bertz CT molecular complexity index is 476. The molecule has 0 spiro atoms. The third-order valence-corrected chi connectivity index (χ3v) is 4.50. The lowest BCUT2D eigenvalue weighted by Crippen LogP contribution is -2.22. The number of thiophene rings is 1. The van der Waals surface area contributed by atoms with Crippen LogP contribution in [-0.2, 0) is 6.42 Å². The lowest BCUT2D eigenvalue weighted by atomic mass is 10.0. The van der Waals surface area contributed by atoms with Crippen LogP contribution in [0.5, 0.6) is 0 Å². The second-order valence-corrected chi connectivity index (χ2v) is 5.82. The van der Waals surface area contributed by atoms with Gasteiger partial charge in [0.2, 0.25) is 0 Å². The highest BCUT2D eigenvalue weighted by Crippen LogP contribution is 2.30. The Hall–Kier alpha value is -0.540. The molecule has 2 rings (SSSR count). The fourth-order valence-corrected chi connectivity index (χ4v) is 3.29. The van der Waals surface area contributed by atoms with E-state index < -0.39 is 0 Å². The molecule has 1 aromatic carbocycles. The van der Waals surface area contributed by atoms with Crippen molar-refractivity contribution >= 4 is 34.5 Å². The van der Waals surface area contributed by atoms with Crippen LogP contribution < -0.4 is 5.32 Å². The number of hydrogen-bond donors (Lipinski definition) is 1. The predicted molar refractivity (Wildman–Crippen MR) is 80.9 cm³/mol. The van der Waals surface area contributed by atoms with Crippen molar-refractivity contribution in [1.82, 2.24) is 5.32 Å². The molecule has 0 bridgehead atoms. The van der Waals surface area contributed by atoms with Crippen molar-refractivity contribution in [3.8, 4) is 0 Å². The maximum atomic E-state index is 6.23. The van der Waals surface area contributed by atoms with E-state index in [1.807, 2.05) is 18.2 Å². The van der Waals surface area contributed by atoms with Gasteiger partial charge in [0, 0.05) is 21.0 Å². The zero-order valence-electron chi connectivity index (χ0n) is 10.1. The van der Waals surface area contributed by atoms with Crippen molar-refractivity contribution in [2.24, 2.45) is 0 Å². The van der Waals surface area contributed by atoms with Gasteiger partial charge >= 0.3 is 0 Å². The van der Waals surface area contributed by atoms with Crippen LogP contribution in [0.15, 0.2) is 35.7 Å². The molecule has 96 valence electrons. The topological polar surface area (TPSA) is 12.0 Å². The third-order valence-electron chi connectivity index (χ3n) is 2.81. The van der Waals surface area contributed by atoms with E-state index in [1.165, 1.54) is 4.88 Å². The Morgan fingerprint density at radius 2 is 1.89 bits per heavy atom. The first-order valence-corrected chi connectivity index (χ1v) is 7.55. The van der Waals surface area contributed by atoms with Crippen molar-refractivity contribution in [3.63, 3.8) is 0 Å². The lowest BCUT2D eigenvalue weighted by molar-refractivity contribution is 0.558. The van der Waals surface area contributed by atoms with E-state index in [0.29, 0.717) is 0 Å². The molecular formula is C14H15Cl2NS. The summed E-state index contributed by atoms with van der Waals surface area (Å²) in [5, 5.41) is 7.05. The molecular weight excluding hydrogens is 285 g/mol. The van der Waals surface area contributed by atoms with Crippen LogP contribution in [0.3, 0.4) is 0 Å². The zero-order chi connectivity index (χ0) is 13.0. The van der Waals surface area contributed by atoms with Gasteiger partial charge in [0.15, 0.2) is 0 Å². The summed E-state index contributed by atoms with van der Waals surface area (Å²) in [6.45, 7) is 3.03. The largest absolute Gasteiger partial charge is 0.309 e. The minimum absolute atomic E-state index is 0.271. The second kappa shape index (κ2) is 6.58. The predicted octanol–water partition coefficient (Wildman–Crippen LogP) is 4.95. The molecule has 0 fully saturated rings. The average molecular weight is 300 g/mol. The van der Waals surface area contributed by atoms with Crippen LogP contribution in [0.1, 0.15) is 23.4 Å². The fourth-order valence-electron chi connectivity index (χ4n) is 1.94. The molecule has 0 amide bonds. The summed E-state index contributed by atoms with van der Waals surface area (Å²) in [7, 11) is 0. The molecule has 2 aromatic rings. The summed E-state index contributed by atoms with van der Waals surface area (Å²) in [6, 6.07) is 10.1. The highest BCUT2D eigenvalue weighted by Gasteiger charge is 2.15. The SMILES string of the molecule is CCNC(Cc1c(Cl)cccc1Cl)c1cccs1. The van der Waals surface area contributed by atoms with Crippen LogP contribution in [0.2, 0.25) is 10.0 Å². The number of rotatable bonds is 5. The average Bonchev–Trinajstić information content (AvgIpc) is 2.86. The van der Waals surface area contributed by atoms with Gasteiger partial charge in [-0.05, 0) is 42.1 Å². The van der Waals surface area contributed by atoms with E-state index in [9.17, 15) is 0 Å². The van der Waals surface area contributed by atoms with Gasteiger partial charge in [-0.1, -0.05) is 42.3 Å². The Kier molecular flexibility index (Phi) is 5.07. The molecule has 1 N–H and O–H groups in total. The van der Waals surface area contributed by atoms with Crippen LogP contribution in [0.25, 0.3) is 0 Å². The van der Waals surface area contributed by atoms with Crippen molar-refractivity contribution in [1.29, 1.82) is 0 Å². The first-order chi connectivity index (χ1) is 8.72. The van der Waals surface area contributed by atoms with E-state index >= 15 is 0 Å². The van der Waals surface area contributed by atoms with Crippen LogP contribution in [-0.4, -0.2) is 6.54 Å². The van der Waals surface area contributed by atoms with E-state index in [4.69, 9.17) is 23.2 Å². The minimum atomic E-state index is 0.271. The first kappa shape index (κ1) is 13.9. The molecule has 0 saturated heterocycles. The first-order valence-electron chi connectivity index (χ1n) is 5.92. The van der Waals surface area contributed by atoms with Gasteiger partial charge in [0.05, 0.1) is 0 Å². The molecule has 0 aliphatic carbocycles. The summed E-state index contributed by atoms with van der Waals surface area (Å²) >= 11 is 14.2. The van der Waals surface area contributed by atoms with E-state index in [2.05, 4.69) is 29.8 Å². The van der Waals surface area contributed by atoms with Gasteiger partial charge in [0.1, 0.15) is 0 Å². The summed E-state index contributed by atoms with van der Waals surface area (Å²) in [4.78, 5) is 1.31. The van der Waals surface area contributed by atoms with Crippen molar-refractivity contribution in [2.45, 2.75) is 19.4 Å². The molecule has 1 heterocycles. The van der Waals surface area contributed by atoms with E-state index in [1.54, 1.807) is 11.3 Å². The Balaban J connectivity index is 2.24. The molecule has 1 nitrogen and oxygen atoms in total. The number of halogens is 2. The number of hydrogen-bond acceptors (Lipinski definition) is 2. The maximum absolute atomic E-state index is 6.23. The summed E-state index contributed by atoms with van der Waals surface area (Å²) in [5.74, 6) is 0. The molecule has 0 saturated carbocycles. The summed E-state index contributed by atoms with van der Waals surface area (Å²) in [6.07, 6.45) is 0.812. The lowest BCUT2D eigenvalue weighted by Gasteiger charge is -2.18. The van der Waals surface area contributed by atoms with Gasteiger partial charge in [-0.15, -0.1) is 11.3 Å². The number of nitrogens with one attached hydrogen (secondary N) is 1. The Labute approximate surface area is 122 Å². The summed E-state index contributed by atoms with van der Waals surface area (Å²) in [5.41, 5.74) is 1.01. The third kappa shape index (κ3) is 3.27. The van der Waals surface area contributed by atoms with Crippen molar-refractivity contribution in [2.75, 3.05) is 6.54 Å². The van der Waals surface area contributed by atoms with Crippen molar-refractivity contribution in [3.05, 3.63) is 56.2 Å². The van der Waals surface area contributed by atoms with E-state index in [0.717, 1.165) is 28.6 Å². The fraction of sp³-hybridized carbons (Fsp3) is 0.286. The molecule has 4 heteroatoms. The Morgan fingerprint density at radius 3 is 2.44 bits per heavy atom. The van der Waals surface area contributed by atoms with Gasteiger partial charge in [0.25, 0.3) is 0 Å². The number of likely N-dealkylation sites (N-methyl/N-ethyl adjacent to an activating group) is 1. The monoisotopic (exact) mass is 299 g/mol. The second-order valence-electron chi connectivity index (χ2n) is 4.03. The zero-order valence-corrected chi connectivity index (χ0v) is 12.4. The van der Waals surface area contributed by atoms with Gasteiger partial charge < -0.3 is 5.32 Å². The highest BCUT2D eigenvalue weighted by atomic mass is 35.5. The van der Waals surface area contributed by atoms with Gasteiger partial charge in [-0.25, -0.2) is 0 Å². The molecule has 0 aliphatic rings. The normalized spacial score (nSPS) is 12.6. The van der Waals surface area contributed by atoms with Crippen LogP contribution in [0.4, 0.5) is 0 Å². The standard InChI is InChI=1S/C14H15Cl2NS/c1-2-17-13(14-7-4-8-18-14)9-10-11(15)5-3-6-12(10)16/h3-8,13,17H,2,9H2,1H3. The van der Waals surface area contributed by atoms with Crippen molar-refractivity contribution < 1.29 is 0 Å². The van der Waals surface area contributed by atoms with Gasteiger partial charge in [-0.3, -0.25) is 0 Å². The highest BCUT2D eigenvalue weighted by molar-refractivity contribution is 7.10. The Morgan fingerprint density at radius 1 is 1.17 bits per heavy atom. The molecule has 0 radical (unpaired) electrons. The van der Waals surface area contributed by atoms with Gasteiger partial charge in [-0.2, -0.15) is 0 Å². The van der Waals surface area contributed by atoms with Crippen LogP contribution in [0, 0.1) is 0 Å². The smallest absolute Gasteiger partial charge is 0.0456 e. The molecule has 1 unspecified atom stereocenters. The molecule has 18 heavy (non-hydrogen) atoms. The molecule has 1 atom stereocenters. The van der Waals surface area contributed by atoms with Crippen LogP contribution >= 0.6 is 34.5 Å². The molecule has 1 aromatic heterocycles. The summed E-state index contributed by atoms with van der Waals surface area (Å²) < 4.78 is 0. The number of benzene rings is 1. The maximum Gasteiger partial charge on any atom is 0.0456 e. The molecule has 0 aliphatic heterocycles. The van der Waals surface area contributed by atoms with E-state index in [-0.39, 0.29) is 6.04 Å².